The first-order valence-corrected chi connectivity index (χ1v) is 11.0. The Balaban J connectivity index is 1.45. The minimum absolute atomic E-state index is 0.00752. The zero-order valence-electron chi connectivity index (χ0n) is 17.8. The molecule has 0 radical (unpaired) electrons. The summed E-state index contributed by atoms with van der Waals surface area (Å²) in [6.07, 6.45) is 2.66. The Morgan fingerprint density at radius 3 is 2.61 bits per heavy atom. The third-order valence-corrected chi connectivity index (χ3v) is 7.12. The van der Waals surface area contributed by atoms with Crippen LogP contribution in [0.5, 0.6) is 5.75 Å². The molecule has 1 heterocycles. The van der Waals surface area contributed by atoms with E-state index in [0.29, 0.717) is 31.1 Å². The molecule has 2 N–H and O–H groups in total. The van der Waals surface area contributed by atoms with Gasteiger partial charge in [-0.25, -0.2) is 4.39 Å². The highest BCUT2D eigenvalue weighted by molar-refractivity contribution is 6.31. The molecular formula is C24H28ClFN2O3. The number of carboxylic acid groups (broad SMARTS) is 1. The number of hydrogen-bond acceptors (Lipinski definition) is 4. The summed E-state index contributed by atoms with van der Waals surface area (Å²) < 4.78 is 20.4. The Morgan fingerprint density at radius 1 is 1.29 bits per heavy atom. The Kier molecular flexibility index (Phi) is 6.24. The van der Waals surface area contributed by atoms with Gasteiger partial charge >= 0.3 is 5.97 Å². The van der Waals surface area contributed by atoms with Crippen molar-refractivity contribution in [1.82, 2.24) is 10.2 Å². The SMILES string of the molecule is CN(C)C1(c2ccccc2)CC(Cc2cc(O[C@@H]3CN[C@H](C(=O)O)C3)cc(F)c2Cl)C1. The summed E-state index contributed by atoms with van der Waals surface area (Å²) in [6, 6.07) is 12.9. The van der Waals surface area contributed by atoms with Gasteiger partial charge in [0.1, 0.15) is 23.7 Å². The summed E-state index contributed by atoms with van der Waals surface area (Å²) in [6.45, 7) is 0.418. The van der Waals surface area contributed by atoms with Crippen LogP contribution in [0.4, 0.5) is 4.39 Å². The van der Waals surface area contributed by atoms with Crippen LogP contribution in [0, 0.1) is 11.7 Å². The minimum Gasteiger partial charge on any atom is -0.489 e. The van der Waals surface area contributed by atoms with E-state index in [9.17, 15) is 9.18 Å². The Bertz CT molecular complexity index is 947. The molecule has 1 saturated heterocycles. The lowest BCUT2D eigenvalue weighted by Gasteiger charge is -2.53. The quantitative estimate of drug-likeness (QED) is 0.671. The van der Waals surface area contributed by atoms with E-state index in [1.165, 1.54) is 11.6 Å². The van der Waals surface area contributed by atoms with Crippen molar-refractivity contribution in [3.8, 4) is 5.75 Å². The molecular weight excluding hydrogens is 419 g/mol. The first-order chi connectivity index (χ1) is 14.8. The van der Waals surface area contributed by atoms with Crippen LogP contribution in [0.1, 0.15) is 30.4 Å². The smallest absolute Gasteiger partial charge is 0.320 e. The van der Waals surface area contributed by atoms with Crippen molar-refractivity contribution in [3.63, 3.8) is 0 Å². The molecule has 1 aliphatic heterocycles. The molecule has 0 amide bonds. The van der Waals surface area contributed by atoms with Gasteiger partial charge in [-0.2, -0.15) is 0 Å². The van der Waals surface area contributed by atoms with Gasteiger partial charge in [0.25, 0.3) is 0 Å². The number of nitrogens with zero attached hydrogens (tertiary/aromatic N) is 1. The van der Waals surface area contributed by atoms with E-state index < -0.39 is 17.8 Å². The molecule has 5 nitrogen and oxygen atoms in total. The van der Waals surface area contributed by atoms with Crippen molar-refractivity contribution >= 4 is 17.6 Å². The fourth-order valence-electron chi connectivity index (χ4n) is 4.97. The normalized spacial score (nSPS) is 27.8. The number of halogens is 2. The molecule has 1 saturated carbocycles. The zero-order chi connectivity index (χ0) is 22.2. The Morgan fingerprint density at radius 2 is 2.00 bits per heavy atom. The topological polar surface area (TPSA) is 61.8 Å². The summed E-state index contributed by atoms with van der Waals surface area (Å²) in [5, 5.41) is 12.2. The monoisotopic (exact) mass is 446 g/mol. The maximum Gasteiger partial charge on any atom is 0.320 e. The van der Waals surface area contributed by atoms with Gasteiger partial charge in [-0.05, 0) is 56.5 Å². The number of hydrogen-bond donors (Lipinski definition) is 2. The van der Waals surface area contributed by atoms with Crippen molar-refractivity contribution in [2.75, 3.05) is 20.6 Å². The molecule has 0 bridgehead atoms. The molecule has 2 fully saturated rings. The standard InChI is InChI=1S/C24H28ClFN2O3/c1-28(2)24(17-6-4-3-5-7-17)12-15(13-24)8-16-9-18(10-20(26)22(16)25)31-19-11-21(23(29)30)27-14-19/h3-7,9-10,15,19,21,27H,8,11-14H2,1-2H3,(H,29,30)/t15?,19-,21-,24?/m0/s1. The fraction of sp³-hybridized carbons (Fsp3) is 0.458. The summed E-state index contributed by atoms with van der Waals surface area (Å²) >= 11 is 6.29. The van der Waals surface area contributed by atoms with E-state index in [4.69, 9.17) is 21.4 Å². The fourth-order valence-corrected chi connectivity index (χ4v) is 5.15. The molecule has 2 aliphatic rings. The molecule has 0 aromatic heterocycles. The van der Waals surface area contributed by atoms with Gasteiger partial charge in [0.2, 0.25) is 0 Å². The van der Waals surface area contributed by atoms with Crippen LogP contribution in [-0.4, -0.2) is 48.8 Å². The van der Waals surface area contributed by atoms with Gasteiger partial charge in [-0.3, -0.25) is 9.69 Å². The van der Waals surface area contributed by atoms with Gasteiger partial charge in [-0.1, -0.05) is 41.9 Å². The van der Waals surface area contributed by atoms with Crippen LogP contribution in [0.2, 0.25) is 5.02 Å². The Hall–Kier alpha value is -2.15. The Labute approximate surface area is 187 Å². The lowest BCUT2D eigenvalue weighted by molar-refractivity contribution is -0.139. The van der Waals surface area contributed by atoms with Gasteiger partial charge in [0.15, 0.2) is 0 Å². The molecule has 2 aromatic rings. The lowest BCUT2D eigenvalue weighted by Crippen LogP contribution is -2.52. The van der Waals surface area contributed by atoms with E-state index in [1.54, 1.807) is 6.07 Å². The largest absolute Gasteiger partial charge is 0.489 e. The van der Waals surface area contributed by atoms with Gasteiger partial charge < -0.3 is 15.2 Å². The van der Waals surface area contributed by atoms with Crippen molar-refractivity contribution in [1.29, 1.82) is 0 Å². The molecule has 0 spiro atoms. The van der Waals surface area contributed by atoms with E-state index in [1.807, 2.05) is 6.07 Å². The van der Waals surface area contributed by atoms with Gasteiger partial charge in [0.05, 0.1) is 5.02 Å². The van der Waals surface area contributed by atoms with E-state index in [-0.39, 0.29) is 16.7 Å². The summed E-state index contributed by atoms with van der Waals surface area (Å²) in [5.41, 5.74) is 2.03. The average Bonchev–Trinajstić information content (AvgIpc) is 3.17. The molecule has 2 atom stereocenters. The van der Waals surface area contributed by atoms with E-state index in [2.05, 4.69) is 48.6 Å². The van der Waals surface area contributed by atoms with Crippen LogP contribution < -0.4 is 10.1 Å². The molecule has 166 valence electrons. The van der Waals surface area contributed by atoms with Crippen LogP contribution in [0.25, 0.3) is 0 Å². The maximum absolute atomic E-state index is 14.5. The number of ether oxygens (including phenoxy) is 1. The van der Waals surface area contributed by atoms with Crippen LogP contribution >= 0.6 is 11.6 Å². The predicted octanol–water partition coefficient (Wildman–Crippen LogP) is 4.08. The van der Waals surface area contributed by atoms with E-state index in [0.717, 1.165) is 18.4 Å². The summed E-state index contributed by atoms with van der Waals surface area (Å²) in [4.78, 5) is 13.4. The summed E-state index contributed by atoms with van der Waals surface area (Å²) in [7, 11) is 4.20. The third kappa shape index (κ3) is 4.43. The number of aliphatic carboxylic acids is 1. The lowest BCUT2D eigenvalue weighted by atomic mass is 9.62. The van der Waals surface area contributed by atoms with Gasteiger partial charge in [-0.15, -0.1) is 0 Å². The van der Waals surface area contributed by atoms with Crippen LogP contribution in [0.3, 0.4) is 0 Å². The van der Waals surface area contributed by atoms with Crippen LogP contribution in [-0.2, 0) is 16.8 Å². The number of nitrogens with one attached hydrogen (secondary N) is 1. The number of carbonyl (C=O) groups is 1. The van der Waals surface area contributed by atoms with Crippen LogP contribution in [0.15, 0.2) is 42.5 Å². The maximum atomic E-state index is 14.5. The summed E-state index contributed by atoms with van der Waals surface area (Å²) in [5.74, 6) is -0.617. The van der Waals surface area contributed by atoms with Crippen molar-refractivity contribution < 1.29 is 19.0 Å². The number of rotatable bonds is 7. The van der Waals surface area contributed by atoms with E-state index >= 15 is 0 Å². The molecule has 31 heavy (non-hydrogen) atoms. The third-order valence-electron chi connectivity index (χ3n) is 6.70. The highest BCUT2D eigenvalue weighted by Gasteiger charge is 2.47. The zero-order valence-corrected chi connectivity index (χ0v) is 18.5. The molecule has 0 unspecified atom stereocenters. The first-order valence-electron chi connectivity index (χ1n) is 10.6. The van der Waals surface area contributed by atoms with Gasteiger partial charge in [0, 0.05) is 24.6 Å². The predicted molar refractivity (Wildman–Crippen MR) is 118 cm³/mol. The molecule has 1 aliphatic carbocycles. The molecule has 2 aromatic carbocycles. The second-order valence-electron chi connectivity index (χ2n) is 8.92. The highest BCUT2D eigenvalue weighted by Crippen LogP contribution is 2.50. The van der Waals surface area contributed by atoms with Crippen molar-refractivity contribution in [2.45, 2.75) is 43.4 Å². The molecule has 7 heteroatoms. The van der Waals surface area contributed by atoms with Crippen molar-refractivity contribution in [2.24, 2.45) is 5.92 Å². The number of benzene rings is 2. The highest BCUT2D eigenvalue weighted by atomic mass is 35.5. The minimum atomic E-state index is -0.901. The first kappa shape index (κ1) is 22.1. The van der Waals surface area contributed by atoms with Crippen molar-refractivity contribution in [3.05, 3.63) is 64.4 Å². The average molecular weight is 447 g/mol. The molecule has 4 rings (SSSR count). The number of carboxylic acids is 1. The second-order valence-corrected chi connectivity index (χ2v) is 9.30. The second kappa shape index (κ2) is 8.77.